The van der Waals surface area contributed by atoms with Crippen LogP contribution in [0, 0.1) is 19.8 Å². The third-order valence-electron chi connectivity index (χ3n) is 4.96. The van der Waals surface area contributed by atoms with Crippen molar-refractivity contribution in [3.8, 4) is 5.75 Å². The Morgan fingerprint density at radius 3 is 2.52 bits per heavy atom. The lowest BCUT2D eigenvalue weighted by Crippen LogP contribution is -2.48. The van der Waals surface area contributed by atoms with Gasteiger partial charge in [-0.3, -0.25) is 4.79 Å². The first kappa shape index (κ1) is 19.8. The van der Waals surface area contributed by atoms with E-state index in [-0.39, 0.29) is 5.91 Å². The first-order chi connectivity index (χ1) is 11.9. The first-order valence-electron chi connectivity index (χ1n) is 9.61. The van der Waals surface area contributed by atoms with E-state index in [0.29, 0.717) is 19.1 Å². The second-order valence-electron chi connectivity index (χ2n) is 7.37. The van der Waals surface area contributed by atoms with Gasteiger partial charge in [-0.15, -0.1) is 0 Å². The van der Waals surface area contributed by atoms with Crippen LogP contribution in [0.3, 0.4) is 0 Å². The highest BCUT2D eigenvalue weighted by molar-refractivity contribution is 5.97. The number of hydrogen-bond donors (Lipinski definition) is 1. The minimum atomic E-state index is -0.689. The fourth-order valence-electron chi connectivity index (χ4n) is 3.88. The molecule has 1 aromatic carbocycles. The number of benzene rings is 1. The number of aryl methyl sites for hydroxylation is 2. The van der Waals surface area contributed by atoms with Crippen LogP contribution in [0.4, 0.5) is 5.69 Å². The van der Waals surface area contributed by atoms with E-state index in [9.17, 15) is 4.79 Å². The first-order valence-corrected chi connectivity index (χ1v) is 9.61. The van der Waals surface area contributed by atoms with Crippen molar-refractivity contribution in [2.45, 2.75) is 72.3 Å². The van der Waals surface area contributed by atoms with Crippen molar-refractivity contribution in [3.63, 3.8) is 0 Å². The SMILES string of the molecule is CCCOc1c(C)cc(NC(=O)[C@@]2(OCC)CCC[C@@H](C)C2)cc1C. The van der Waals surface area contributed by atoms with Gasteiger partial charge in [0.25, 0.3) is 5.91 Å². The van der Waals surface area contributed by atoms with Crippen LogP contribution in [0.5, 0.6) is 5.75 Å². The standard InChI is InChI=1S/C21H33NO3/c1-6-11-24-19-16(4)12-18(13-17(19)5)22-20(23)21(25-7-2)10-8-9-15(3)14-21/h12-13,15H,6-11,14H2,1-5H3,(H,22,23)/t15-,21-/m1/s1. The van der Waals surface area contributed by atoms with Gasteiger partial charge in [0.1, 0.15) is 11.4 Å². The van der Waals surface area contributed by atoms with Crippen LogP contribution in [0.1, 0.15) is 64.0 Å². The fourth-order valence-corrected chi connectivity index (χ4v) is 3.88. The van der Waals surface area contributed by atoms with Gasteiger partial charge in [-0.1, -0.05) is 20.3 Å². The van der Waals surface area contributed by atoms with Gasteiger partial charge in [0.05, 0.1) is 6.61 Å². The summed E-state index contributed by atoms with van der Waals surface area (Å²) in [7, 11) is 0. The van der Waals surface area contributed by atoms with E-state index < -0.39 is 5.60 Å². The molecule has 0 heterocycles. The third kappa shape index (κ3) is 4.75. The average molecular weight is 347 g/mol. The van der Waals surface area contributed by atoms with E-state index in [1.807, 2.05) is 32.9 Å². The van der Waals surface area contributed by atoms with Gasteiger partial charge in [-0.25, -0.2) is 0 Å². The molecule has 4 nitrogen and oxygen atoms in total. The van der Waals surface area contributed by atoms with Crippen molar-refractivity contribution in [1.82, 2.24) is 0 Å². The lowest BCUT2D eigenvalue weighted by molar-refractivity contribution is -0.147. The molecule has 4 heteroatoms. The summed E-state index contributed by atoms with van der Waals surface area (Å²) < 4.78 is 11.8. The van der Waals surface area contributed by atoms with Gasteiger partial charge in [0.15, 0.2) is 0 Å². The number of hydrogen-bond acceptors (Lipinski definition) is 3. The summed E-state index contributed by atoms with van der Waals surface area (Å²) in [5.74, 6) is 1.42. The third-order valence-corrected chi connectivity index (χ3v) is 4.96. The van der Waals surface area contributed by atoms with Gasteiger partial charge in [-0.2, -0.15) is 0 Å². The van der Waals surface area contributed by atoms with Gasteiger partial charge in [0.2, 0.25) is 0 Å². The number of rotatable bonds is 7. The molecule has 2 atom stereocenters. The summed E-state index contributed by atoms with van der Waals surface area (Å²) in [6.45, 7) is 11.6. The van der Waals surface area contributed by atoms with E-state index in [0.717, 1.165) is 48.2 Å². The Labute approximate surface area is 152 Å². The lowest BCUT2D eigenvalue weighted by Gasteiger charge is -2.38. The molecule has 0 spiro atoms. The second kappa shape index (κ2) is 8.70. The maximum absolute atomic E-state index is 13.0. The van der Waals surface area contributed by atoms with Crippen LogP contribution in [0.25, 0.3) is 0 Å². The van der Waals surface area contributed by atoms with Crippen LogP contribution in [-0.4, -0.2) is 24.7 Å². The van der Waals surface area contributed by atoms with Crippen molar-refractivity contribution < 1.29 is 14.3 Å². The summed E-state index contributed by atoms with van der Waals surface area (Å²) in [5, 5.41) is 3.10. The molecule has 0 saturated heterocycles. The summed E-state index contributed by atoms with van der Waals surface area (Å²) >= 11 is 0. The number of amides is 1. The Kier molecular flexibility index (Phi) is 6.88. The molecule has 1 saturated carbocycles. The molecule has 1 N–H and O–H groups in total. The predicted molar refractivity (Wildman–Crippen MR) is 102 cm³/mol. The van der Waals surface area contributed by atoms with E-state index in [1.54, 1.807) is 0 Å². The van der Waals surface area contributed by atoms with E-state index in [2.05, 4.69) is 19.2 Å². The van der Waals surface area contributed by atoms with Crippen molar-refractivity contribution >= 4 is 11.6 Å². The average Bonchev–Trinajstić information content (AvgIpc) is 2.54. The molecule has 0 bridgehead atoms. The fraction of sp³-hybridized carbons (Fsp3) is 0.667. The van der Waals surface area contributed by atoms with Gasteiger partial charge < -0.3 is 14.8 Å². The molecule has 140 valence electrons. The second-order valence-corrected chi connectivity index (χ2v) is 7.37. The molecule has 0 aromatic heterocycles. The summed E-state index contributed by atoms with van der Waals surface area (Å²) in [4.78, 5) is 13.0. The lowest BCUT2D eigenvalue weighted by atomic mass is 9.78. The molecule has 1 aromatic rings. The number of ether oxygens (including phenoxy) is 2. The van der Waals surface area contributed by atoms with Gasteiger partial charge in [0, 0.05) is 12.3 Å². The molecular weight excluding hydrogens is 314 g/mol. The van der Waals surface area contributed by atoms with Crippen LogP contribution >= 0.6 is 0 Å². The maximum atomic E-state index is 13.0. The summed E-state index contributed by atoms with van der Waals surface area (Å²) in [6, 6.07) is 3.98. The predicted octanol–water partition coefficient (Wildman–Crippen LogP) is 5.02. The van der Waals surface area contributed by atoms with Crippen molar-refractivity contribution in [3.05, 3.63) is 23.3 Å². The molecule has 25 heavy (non-hydrogen) atoms. The Bertz CT molecular complexity index is 572. The molecule has 1 amide bonds. The molecule has 0 aliphatic heterocycles. The minimum Gasteiger partial charge on any atom is -0.493 e. The molecule has 0 radical (unpaired) electrons. The Balaban J connectivity index is 2.18. The van der Waals surface area contributed by atoms with Crippen LogP contribution in [-0.2, 0) is 9.53 Å². The molecule has 0 unspecified atom stereocenters. The highest BCUT2D eigenvalue weighted by Gasteiger charge is 2.42. The molecule has 1 fully saturated rings. The number of carbonyl (C=O) groups excluding carboxylic acids is 1. The number of carbonyl (C=O) groups is 1. The van der Waals surface area contributed by atoms with Crippen molar-refractivity contribution in [2.24, 2.45) is 5.92 Å². The maximum Gasteiger partial charge on any atom is 0.256 e. The van der Waals surface area contributed by atoms with Gasteiger partial charge in [-0.05, 0) is 75.6 Å². The summed E-state index contributed by atoms with van der Waals surface area (Å²) in [6.07, 6.45) is 4.78. The van der Waals surface area contributed by atoms with Crippen LogP contribution < -0.4 is 10.1 Å². The zero-order valence-corrected chi connectivity index (χ0v) is 16.4. The van der Waals surface area contributed by atoms with Crippen molar-refractivity contribution in [1.29, 1.82) is 0 Å². The quantitative estimate of drug-likeness (QED) is 0.753. The van der Waals surface area contributed by atoms with Crippen LogP contribution in [0.2, 0.25) is 0 Å². The van der Waals surface area contributed by atoms with Crippen molar-refractivity contribution in [2.75, 3.05) is 18.5 Å². The molecular formula is C21H33NO3. The van der Waals surface area contributed by atoms with Gasteiger partial charge >= 0.3 is 0 Å². The van der Waals surface area contributed by atoms with E-state index >= 15 is 0 Å². The topological polar surface area (TPSA) is 47.6 Å². The number of nitrogens with one attached hydrogen (secondary N) is 1. The van der Waals surface area contributed by atoms with Crippen LogP contribution in [0.15, 0.2) is 12.1 Å². The molecule has 1 aliphatic rings. The van der Waals surface area contributed by atoms with E-state index in [1.165, 1.54) is 6.42 Å². The minimum absolute atomic E-state index is 0.0121. The Hall–Kier alpha value is -1.55. The largest absolute Gasteiger partial charge is 0.493 e. The van der Waals surface area contributed by atoms with E-state index in [4.69, 9.17) is 9.47 Å². The highest BCUT2D eigenvalue weighted by atomic mass is 16.5. The molecule has 2 rings (SSSR count). The zero-order valence-electron chi connectivity index (χ0n) is 16.4. The smallest absolute Gasteiger partial charge is 0.256 e. The monoisotopic (exact) mass is 347 g/mol. The highest BCUT2D eigenvalue weighted by Crippen LogP contribution is 2.37. The number of anilines is 1. The molecule has 1 aliphatic carbocycles. The zero-order chi connectivity index (χ0) is 18.4. The summed E-state index contributed by atoms with van der Waals surface area (Å²) in [5.41, 5.74) is 2.23. The normalized spacial score (nSPS) is 23.3. The Morgan fingerprint density at radius 1 is 1.28 bits per heavy atom. The Morgan fingerprint density at radius 2 is 1.96 bits per heavy atom.